The second kappa shape index (κ2) is 7.60. The van der Waals surface area contributed by atoms with Crippen LogP contribution in [0.5, 0.6) is 0 Å². The molecule has 6 heteroatoms. The number of carbonyl (C=O) groups is 1. The maximum atomic E-state index is 12.7. The molecule has 1 aliphatic rings. The lowest BCUT2D eigenvalue weighted by molar-refractivity contribution is -0.116. The van der Waals surface area contributed by atoms with Crippen LogP contribution >= 0.6 is 23.3 Å². The fourth-order valence-electron chi connectivity index (χ4n) is 3.08. The van der Waals surface area contributed by atoms with Crippen LogP contribution in [0.15, 0.2) is 52.9 Å². The normalized spacial score (nSPS) is 13.5. The predicted octanol–water partition coefficient (Wildman–Crippen LogP) is 4.59. The molecule has 2 aromatic carbocycles. The Morgan fingerprint density at radius 2 is 2.00 bits per heavy atom. The first kappa shape index (κ1) is 17.2. The lowest BCUT2D eigenvalue weighted by Crippen LogP contribution is -2.36. The Morgan fingerprint density at radius 3 is 2.85 bits per heavy atom. The van der Waals surface area contributed by atoms with Gasteiger partial charge in [0, 0.05) is 17.8 Å². The number of para-hydroxylation sites is 1. The van der Waals surface area contributed by atoms with Crippen molar-refractivity contribution in [3.8, 4) is 11.4 Å². The molecule has 0 saturated carbocycles. The van der Waals surface area contributed by atoms with Gasteiger partial charge >= 0.3 is 0 Å². The first-order valence-electron chi connectivity index (χ1n) is 8.62. The molecule has 26 heavy (non-hydrogen) atoms. The van der Waals surface area contributed by atoms with Gasteiger partial charge < -0.3 is 4.90 Å². The van der Waals surface area contributed by atoms with Gasteiger partial charge in [0.1, 0.15) is 0 Å². The van der Waals surface area contributed by atoms with E-state index in [1.54, 1.807) is 0 Å². The number of hydrogen-bond acceptors (Lipinski definition) is 5. The van der Waals surface area contributed by atoms with E-state index in [2.05, 4.69) is 34.5 Å². The van der Waals surface area contributed by atoms with Crippen LogP contribution in [0.2, 0.25) is 0 Å². The topological polar surface area (TPSA) is 46.1 Å². The number of anilines is 1. The molecule has 1 aliphatic heterocycles. The van der Waals surface area contributed by atoms with E-state index in [0.29, 0.717) is 5.75 Å². The summed E-state index contributed by atoms with van der Waals surface area (Å²) in [5.74, 6) is 1.25. The number of amides is 1. The summed E-state index contributed by atoms with van der Waals surface area (Å²) in [7, 11) is 0. The van der Waals surface area contributed by atoms with Gasteiger partial charge in [0.2, 0.25) is 5.91 Å². The number of hydrogen-bond donors (Lipinski definition) is 0. The molecular formula is C20H19N3OS2. The SMILES string of the molecule is Cc1ccc(-c2nsc(SCC(=O)N3CCCc4ccccc43)n2)cc1. The Hall–Kier alpha value is -2.18. The molecule has 3 aromatic rings. The molecule has 0 saturated heterocycles. The van der Waals surface area contributed by atoms with Gasteiger partial charge in [0.25, 0.3) is 0 Å². The van der Waals surface area contributed by atoms with Crippen molar-refractivity contribution < 1.29 is 4.79 Å². The number of thioether (sulfide) groups is 1. The molecule has 0 bridgehead atoms. The molecule has 0 N–H and O–H groups in total. The third-order valence-corrected chi connectivity index (χ3v) is 6.27. The van der Waals surface area contributed by atoms with E-state index in [-0.39, 0.29) is 5.91 Å². The van der Waals surface area contributed by atoms with Crippen LogP contribution < -0.4 is 4.90 Å². The molecule has 4 nitrogen and oxygen atoms in total. The summed E-state index contributed by atoms with van der Waals surface area (Å²) in [6.07, 6.45) is 2.06. The monoisotopic (exact) mass is 381 g/mol. The summed E-state index contributed by atoms with van der Waals surface area (Å²) in [6, 6.07) is 16.4. The Kier molecular flexibility index (Phi) is 5.04. The number of aryl methyl sites for hydroxylation is 2. The second-order valence-corrected chi connectivity index (χ2v) is 8.29. The van der Waals surface area contributed by atoms with Gasteiger partial charge in [-0.2, -0.15) is 4.37 Å². The largest absolute Gasteiger partial charge is 0.311 e. The summed E-state index contributed by atoms with van der Waals surface area (Å²) in [6.45, 7) is 2.85. The van der Waals surface area contributed by atoms with Crippen LogP contribution in [-0.2, 0) is 11.2 Å². The quantitative estimate of drug-likeness (QED) is 0.620. The fourth-order valence-corrected chi connectivity index (χ4v) is 4.57. The number of rotatable bonds is 4. The first-order valence-corrected chi connectivity index (χ1v) is 10.4. The highest BCUT2D eigenvalue weighted by Gasteiger charge is 2.22. The molecule has 4 rings (SSSR count). The zero-order chi connectivity index (χ0) is 17.9. The Morgan fingerprint density at radius 1 is 1.19 bits per heavy atom. The number of benzene rings is 2. The van der Waals surface area contributed by atoms with Crippen molar-refractivity contribution >= 4 is 34.9 Å². The summed E-state index contributed by atoms with van der Waals surface area (Å²) in [4.78, 5) is 19.2. The van der Waals surface area contributed by atoms with Crippen molar-refractivity contribution in [2.75, 3.05) is 17.2 Å². The van der Waals surface area contributed by atoms with Crippen LogP contribution in [0.3, 0.4) is 0 Å². The lowest BCUT2D eigenvalue weighted by Gasteiger charge is -2.29. The Labute approximate surface area is 161 Å². The molecule has 0 aliphatic carbocycles. The van der Waals surface area contributed by atoms with E-state index in [9.17, 15) is 4.79 Å². The molecule has 0 radical (unpaired) electrons. The molecule has 2 heterocycles. The zero-order valence-electron chi connectivity index (χ0n) is 14.5. The molecule has 0 unspecified atom stereocenters. The van der Waals surface area contributed by atoms with E-state index in [0.717, 1.165) is 40.8 Å². The molecule has 0 fully saturated rings. The number of fused-ring (bicyclic) bond motifs is 1. The van der Waals surface area contributed by atoms with Crippen LogP contribution in [0.1, 0.15) is 17.5 Å². The van der Waals surface area contributed by atoms with E-state index >= 15 is 0 Å². The molecule has 1 amide bonds. The zero-order valence-corrected chi connectivity index (χ0v) is 16.1. The summed E-state index contributed by atoms with van der Waals surface area (Å²) in [5.41, 5.74) is 4.54. The lowest BCUT2D eigenvalue weighted by atomic mass is 10.0. The van der Waals surface area contributed by atoms with E-state index in [1.165, 1.54) is 34.4 Å². The minimum Gasteiger partial charge on any atom is -0.311 e. The number of nitrogens with zero attached hydrogens (tertiary/aromatic N) is 3. The summed E-state index contributed by atoms with van der Waals surface area (Å²) >= 11 is 2.82. The van der Waals surface area contributed by atoms with Crippen LogP contribution in [0.25, 0.3) is 11.4 Å². The number of carbonyl (C=O) groups excluding carboxylic acids is 1. The van der Waals surface area contributed by atoms with Gasteiger partial charge in [-0.05, 0) is 42.9 Å². The molecule has 0 spiro atoms. The van der Waals surface area contributed by atoms with Crippen molar-refractivity contribution in [2.24, 2.45) is 0 Å². The molecule has 0 atom stereocenters. The summed E-state index contributed by atoms with van der Waals surface area (Å²) in [5, 5.41) is 0. The fraction of sp³-hybridized carbons (Fsp3) is 0.250. The highest BCUT2D eigenvalue weighted by molar-refractivity contribution is 8.01. The van der Waals surface area contributed by atoms with Crippen LogP contribution in [-0.4, -0.2) is 27.6 Å². The molecule has 132 valence electrons. The van der Waals surface area contributed by atoms with Crippen molar-refractivity contribution in [1.29, 1.82) is 0 Å². The van der Waals surface area contributed by atoms with Gasteiger partial charge in [-0.3, -0.25) is 4.79 Å². The van der Waals surface area contributed by atoms with Crippen molar-refractivity contribution in [3.05, 3.63) is 59.7 Å². The van der Waals surface area contributed by atoms with Gasteiger partial charge in [-0.1, -0.05) is 59.8 Å². The smallest absolute Gasteiger partial charge is 0.237 e. The molecule has 1 aromatic heterocycles. The highest BCUT2D eigenvalue weighted by Crippen LogP contribution is 2.29. The van der Waals surface area contributed by atoms with Crippen LogP contribution in [0.4, 0.5) is 5.69 Å². The first-order chi connectivity index (χ1) is 12.7. The molecular weight excluding hydrogens is 362 g/mol. The van der Waals surface area contributed by atoms with Gasteiger partial charge in [-0.15, -0.1) is 0 Å². The predicted molar refractivity (Wildman–Crippen MR) is 108 cm³/mol. The third-order valence-electron chi connectivity index (χ3n) is 4.45. The van der Waals surface area contributed by atoms with Crippen LogP contribution in [0, 0.1) is 6.92 Å². The summed E-state index contributed by atoms with van der Waals surface area (Å²) < 4.78 is 5.26. The van der Waals surface area contributed by atoms with Crippen molar-refractivity contribution in [1.82, 2.24) is 9.36 Å². The van der Waals surface area contributed by atoms with E-state index in [1.807, 2.05) is 35.2 Å². The Bertz CT molecular complexity index is 921. The average Bonchev–Trinajstić information content (AvgIpc) is 3.15. The average molecular weight is 382 g/mol. The maximum Gasteiger partial charge on any atom is 0.237 e. The second-order valence-electron chi connectivity index (χ2n) is 6.32. The standard InChI is InChI=1S/C20H19N3OS2/c1-14-8-10-16(11-9-14)19-21-20(26-22-19)25-13-18(24)23-12-4-6-15-5-2-3-7-17(15)23/h2-3,5,7-11H,4,6,12-13H2,1H3. The number of aromatic nitrogens is 2. The maximum absolute atomic E-state index is 12.7. The van der Waals surface area contributed by atoms with Gasteiger partial charge in [0.15, 0.2) is 10.2 Å². The van der Waals surface area contributed by atoms with Crippen molar-refractivity contribution in [3.63, 3.8) is 0 Å². The van der Waals surface area contributed by atoms with Gasteiger partial charge in [-0.25, -0.2) is 4.98 Å². The minimum absolute atomic E-state index is 0.134. The minimum atomic E-state index is 0.134. The van der Waals surface area contributed by atoms with E-state index < -0.39 is 0 Å². The van der Waals surface area contributed by atoms with E-state index in [4.69, 9.17) is 0 Å². The third kappa shape index (κ3) is 3.66. The highest BCUT2D eigenvalue weighted by atomic mass is 32.2. The van der Waals surface area contributed by atoms with Gasteiger partial charge in [0.05, 0.1) is 5.75 Å². The van der Waals surface area contributed by atoms with Crippen molar-refractivity contribution in [2.45, 2.75) is 24.1 Å². The Balaban J connectivity index is 1.42.